The molecule has 0 aliphatic carbocycles. The fourth-order valence-corrected chi connectivity index (χ4v) is 3.48. The number of carbonyl (C=O) groups is 2. The smallest absolute Gasteiger partial charge is 0.343 e. The molecule has 1 spiro atoms. The van der Waals surface area contributed by atoms with Crippen molar-refractivity contribution in [2.24, 2.45) is 0 Å². The largest absolute Gasteiger partial charge is 0.445 e. The van der Waals surface area contributed by atoms with Gasteiger partial charge in [0.25, 0.3) is 0 Å². The minimum atomic E-state index is -0.970. The first-order valence-electron chi connectivity index (χ1n) is 7.66. The first-order valence-corrected chi connectivity index (χ1v) is 7.66. The van der Waals surface area contributed by atoms with E-state index in [1.54, 1.807) is 0 Å². The Kier molecular flexibility index (Phi) is 3.76. The van der Waals surface area contributed by atoms with Crippen LogP contribution in [-0.4, -0.2) is 30.8 Å². The number of carbonyl (C=O) groups excluding carboxylic acids is 2. The van der Waals surface area contributed by atoms with Gasteiger partial charge >= 0.3 is 11.9 Å². The van der Waals surface area contributed by atoms with E-state index in [1.165, 1.54) is 6.92 Å². The van der Waals surface area contributed by atoms with Crippen LogP contribution in [0.1, 0.15) is 35.6 Å². The molecule has 3 rings (SSSR count). The van der Waals surface area contributed by atoms with Crippen molar-refractivity contribution in [2.75, 3.05) is 13.2 Å². The SMILES string of the molecule is CC(=O)OC1=C(c2c(C)cc(C)cc2C)C(=O)OC12CCOC2. The molecule has 23 heavy (non-hydrogen) atoms. The van der Waals surface area contributed by atoms with E-state index in [9.17, 15) is 9.59 Å². The van der Waals surface area contributed by atoms with E-state index >= 15 is 0 Å². The highest BCUT2D eigenvalue weighted by Crippen LogP contribution is 2.44. The number of rotatable bonds is 2. The predicted molar refractivity (Wildman–Crippen MR) is 83.6 cm³/mol. The van der Waals surface area contributed by atoms with Crippen LogP contribution in [0.3, 0.4) is 0 Å². The Morgan fingerprint density at radius 1 is 1.22 bits per heavy atom. The zero-order valence-corrected chi connectivity index (χ0v) is 13.8. The number of hydrogen-bond donors (Lipinski definition) is 0. The number of aryl methyl sites for hydroxylation is 3. The Hall–Kier alpha value is -2.14. The Morgan fingerprint density at radius 2 is 1.87 bits per heavy atom. The molecule has 0 amide bonds. The summed E-state index contributed by atoms with van der Waals surface area (Å²) in [6.45, 7) is 7.90. The van der Waals surface area contributed by atoms with E-state index in [1.807, 2.05) is 32.9 Å². The van der Waals surface area contributed by atoms with Gasteiger partial charge in [-0.05, 0) is 37.5 Å². The lowest BCUT2D eigenvalue weighted by Gasteiger charge is -2.22. The molecule has 2 aliphatic rings. The molecule has 122 valence electrons. The summed E-state index contributed by atoms with van der Waals surface area (Å²) >= 11 is 0. The third-order valence-corrected chi connectivity index (χ3v) is 4.29. The molecule has 2 aliphatic heterocycles. The van der Waals surface area contributed by atoms with Gasteiger partial charge in [0.2, 0.25) is 0 Å². The summed E-state index contributed by atoms with van der Waals surface area (Å²) in [7, 11) is 0. The molecule has 2 heterocycles. The average Bonchev–Trinajstić information content (AvgIpc) is 2.98. The van der Waals surface area contributed by atoms with Gasteiger partial charge in [-0.15, -0.1) is 0 Å². The van der Waals surface area contributed by atoms with Crippen molar-refractivity contribution in [3.05, 3.63) is 40.1 Å². The summed E-state index contributed by atoms with van der Waals surface area (Å²) < 4.78 is 16.5. The molecule has 0 N–H and O–H groups in total. The highest BCUT2D eigenvalue weighted by molar-refractivity contribution is 6.20. The molecule has 5 nitrogen and oxygen atoms in total. The second-order valence-corrected chi connectivity index (χ2v) is 6.26. The van der Waals surface area contributed by atoms with Crippen molar-refractivity contribution in [1.29, 1.82) is 0 Å². The van der Waals surface area contributed by atoms with Crippen molar-refractivity contribution in [3.63, 3.8) is 0 Å². The third kappa shape index (κ3) is 2.55. The molecule has 0 saturated carbocycles. The third-order valence-electron chi connectivity index (χ3n) is 4.29. The first kappa shape index (κ1) is 15.7. The van der Waals surface area contributed by atoms with Gasteiger partial charge < -0.3 is 14.2 Å². The van der Waals surface area contributed by atoms with Crippen LogP contribution in [0.15, 0.2) is 17.9 Å². The minimum Gasteiger partial charge on any atom is -0.445 e. The Morgan fingerprint density at radius 3 is 2.39 bits per heavy atom. The second-order valence-electron chi connectivity index (χ2n) is 6.26. The highest BCUT2D eigenvalue weighted by Gasteiger charge is 2.53. The molecule has 1 atom stereocenters. The van der Waals surface area contributed by atoms with E-state index < -0.39 is 17.5 Å². The van der Waals surface area contributed by atoms with Crippen LogP contribution in [0.5, 0.6) is 0 Å². The van der Waals surface area contributed by atoms with E-state index in [0.29, 0.717) is 24.4 Å². The van der Waals surface area contributed by atoms with E-state index in [-0.39, 0.29) is 6.61 Å². The van der Waals surface area contributed by atoms with Crippen molar-refractivity contribution >= 4 is 17.5 Å². The van der Waals surface area contributed by atoms with Gasteiger partial charge in [-0.2, -0.15) is 0 Å². The summed E-state index contributed by atoms with van der Waals surface area (Å²) in [6.07, 6.45) is 0.495. The van der Waals surface area contributed by atoms with Gasteiger partial charge in [0.1, 0.15) is 5.57 Å². The Bertz CT molecular complexity index is 700. The summed E-state index contributed by atoms with van der Waals surface area (Å²) in [5.41, 5.74) is 3.18. The lowest BCUT2D eigenvalue weighted by molar-refractivity contribution is -0.151. The van der Waals surface area contributed by atoms with Crippen LogP contribution < -0.4 is 0 Å². The van der Waals surface area contributed by atoms with Crippen molar-refractivity contribution in [1.82, 2.24) is 0 Å². The summed E-state index contributed by atoms with van der Waals surface area (Å²) in [6, 6.07) is 4.01. The van der Waals surface area contributed by atoms with Crippen LogP contribution in [0.25, 0.3) is 5.57 Å². The summed E-state index contributed by atoms with van der Waals surface area (Å²) in [4.78, 5) is 24.2. The van der Waals surface area contributed by atoms with Gasteiger partial charge in [-0.25, -0.2) is 4.79 Å². The molecule has 1 unspecified atom stereocenters. The summed E-state index contributed by atoms with van der Waals surface area (Å²) in [5, 5.41) is 0. The van der Waals surface area contributed by atoms with E-state index in [2.05, 4.69) is 0 Å². The molecule has 1 aromatic carbocycles. The summed E-state index contributed by atoms with van der Waals surface area (Å²) in [5.74, 6) is -0.631. The zero-order chi connectivity index (χ0) is 16.8. The number of hydrogen-bond acceptors (Lipinski definition) is 5. The number of esters is 2. The highest BCUT2D eigenvalue weighted by atomic mass is 16.6. The Labute approximate surface area is 135 Å². The normalized spacial score (nSPS) is 23.6. The maximum absolute atomic E-state index is 12.6. The van der Waals surface area contributed by atoms with Gasteiger partial charge in [0.05, 0.1) is 13.2 Å². The molecular formula is C18H20O5. The van der Waals surface area contributed by atoms with E-state index in [0.717, 1.165) is 22.3 Å². The molecule has 1 aromatic rings. The van der Waals surface area contributed by atoms with Crippen molar-refractivity contribution in [2.45, 2.75) is 39.7 Å². The lowest BCUT2D eigenvalue weighted by atomic mass is 9.90. The molecule has 0 bridgehead atoms. The maximum Gasteiger partial charge on any atom is 0.343 e. The standard InChI is InChI=1S/C18H20O5/c1-10-7-11(2)14(12(3)8-10)15-16(22-13(4)19)18(23-17(15)20)5-6-21-9-18/h7-8H,5-6,9H2,1-4H3. The molecule has 5 heteroatoms. The monoisotopic (exact) mass is 316 g/mol. The average molecular weight is 316 g/mol. The van der Waals surface area contributed by atoms with Crippen LogP contribution in [0.2, 0.25) is 0 Å². The lowest BCUT2D eigenvalue weighted by Crippen LogP contribution is -2.34. The quantitative estimate of drug-likeness (QED) is 0.785. The van der Waals surface area contributed by atoms with Crippen LogP contribution in [0, 0.1) is 20.8 Å². The van der Waals surface area contributed by atoms with Crippen LogP contribution in [0.4, 0.5) is 0 Å². The van der Waals surface area contributed by atoms with Crippen molar-refractivity contribution in [3.8, 4) is 0 Å². The number of benzene rings is 1. The molecular weight excluding hydrogens is 296 g/mol. The van der Waals surface area contributed by atoms with E-state index in [4.69, 9.17) is 14.2 Å². The maximum atomic E-state index is 12.6. The molecule has 1 saturated heterocycles. The van der Waals surface area contributed by atoms with Gasteiger partial charge in [-0.3, -0.25) is 4.79 Å². The van der Waals surface area contributed by atoms with Gasteiger partial charge in [0, 0.05) is 13.3 Å². The van der Waals surface area contributed by atoms with Crippen molar-refractivity contribution < 1.29 is 23.8 Å². The van der Waals surface area contributed by atoms with Crippen LogP contribution in [-0.2, 0) is 23.8 Å². The Balaban J connectivity index is 2.24. The number of ether oxygens (including phenoxy) is 3. The fourth-order valence-electron chi connectivity index (χ4n) is 3.48. The molecule has 1 fully saturated rings. The minimum absolute atomic E-state index is 0.217. The van der Waals surface area contributed by atoms with Gasteiger partial charge in [-0.1, -0.05) is 17.7 Å². The molecule has 0 radical (unpaired) electrons. The predicted octanol–water partition coefficient (Wildman–Crippen LogP) is 2.60. The second kappa shape index (κ2) is 5.49. The fraction of sp³-hybridized carbons (Fsp3) is 0.444. The topological polar surface area (TPSA) is 61.8 Å². The molecule has 0 aromatic heterocycles. The zero-order valence-electron chi connectivity index (χ0n) is 13.8. The van der Waals surface area contributed by atoms with Gasteiger partial charge in [0.15, 0.2) is 11.4 Å². The van der Waals surface area contributed by atoms with Crippen LogP contribution >= 0.6 is 0 Å². The first-order chi connectivity index (χ1) is 10.8.